The van der Waals surface area contributed by atoms with E-state index in [1.54, 1.807) is 11.0 Å². The smallest absolute Gasteiger partial charge is 0.191 e. The second kappa shape index (κ2) is 10.8. The molecule has 0 aliphatic heterocycles. The molecule has 3 N–H and O–H groups in total. The largest absolute Gasteiger partial charge is 0.361 e. The van der Waals surface area contributed by atoms with Crippen LogP contribution in [0, 0.1) is 0 Å². The van der Waals surface area contributed by atoms with Crippen molar-refractivity contribution in [2.45, 2.75) is 19.9 Å². The van der Waals surface area contributed by atoms with Crippen molar-refractivity contribution in [1.82, 2.24) is 30.4 Å². The molecule has 0 atom stereocenters. The average Bonchev–Trinajstić information content (AvgIpc) is 3.43. The van der Waals surface area contributed by atoms with E-state index in [2.05, 4.69) is 75.2 Å². The Morgan fingerprint density at radius 2 is 1.93 bits per heavy atom. The van der Waals surface area contributed by atoms with Gasteiger partial charge in [0.05, 0.1) is 12.2 Å². The molecule has 156 valence electrons. The Labute approximate surface area is 193 Å². The van der Waals surface area contributed by atoms with Gasteiger partial charge in [-0.05, 0) is 42.7 Å². The molecule has 0 amide bonds. The molecule has 0 unspecified atom stereocenters. The molecule has 0 aliphatic rings. The van der Waals surface area contributed by atoms with Gasteiger partial charge in [-0.2, -0.15) is 5.10 Å². The number of guanidine groups is 1. The standard InChI is InChI=1S/C22H25N7.HI/c1-2-24-22(25-12-11-18-14-26-21-6-4-3-5-20(18)21)27-13-17-7-9-19(10-8-17)29-16-23-15-28-29;/h3-10,14-16,26H,2,11-13H2,1H3,(H2,24,25,27);1H. The first kappa shape index (κ1) is 21.8. The highest BCUT2D eigenvalue weighted by molar-refractivity contribution is 14.0. The van der Waals surface area contributed by atoms with E-state index in [4.69, 9.17) is 4.99 Å². The summed E-state index contributed by atoms with van der Waals surface area (Å²) in [6.45, 7) is 4.33. The van der Waals surface area contributed by atoms with Crippen molar-refractivity contribution in [3.63, 3.8) is 0 Å². The summed E-state index contributed by atoms with van der Waals surface area (Å²) in [7, 11) is 0. The molecule has 0 bridgehead atoms. The van der Waals surface area contributed by atoms with Crippen LogP contribution >= 0.6 is 24.0 Å². The van der Waals surface area contributed by atoms with Crippen LogP contribution in [0.25, 0.3) is 16.6 Å². The van der Waals surface area contributed by atoms with Crippen LogP contribution in [0.3, 0.4) is 0 Å². The van der Waals surface area contributed by atoms with Crippen molar-refractivity contribution in [3.8, 4) is 5.69 Å². The number of aromatic nitrogens is 4. The van der Waals surface area contributed by atoms with Crippen molar-refractivity contribution in [2.24, 2.45) is 4.99 Å². The first-order valence-corrected chi connectivity index (χ1v) is 9.84. The predicted molar refractivity (Wildman–Crippen MR) is 132 cm³/mol. The zero-order valence-corrected chi connectivity index (χ0v) is 19.2. The number of hydrogen-bond donors (Lipinski definition) is 3. The number of benzene rings is 2. The summed E-state index contributed by atoms with van der Waals surface area (Å²) in [5.74, 6) is 0.827. The average molecular weight is 515 g/mol. The summed E-state index contributed by atoms with van der Waals surface area (Å²) in [4.78, 5) is 12.0. The summed E-state index contributed by atoms with van der Waals surface area (Å²) in [5, 5.41) is 12.2. The molecular formula is C22H26IN7. The maximum absolute atomic E-state index is 4.71. The van der Waals surface area contributed by atoms with Gasteiger partial charge in [0.15, 0.2) is 5.96 Å². The van der Waals surface area contributed by atoms with Crippen LogP contribution in [0.5, 0.6) is 0 Å². The summed E-state index contributed by atoms with van der Waals surface area (Å²) in [5.41, 5.74) is 4.62. The molecule has 30 heavy (non-hydrogen) atoms. The highest BCUT2D eigenvalue weighted by atomic mass is 127. The number of rotatable bonds is 7. The monoisotopic (exact) mass is 515 g/mol. The molecule has 0 spiro atoms. The number of fused-ring (bicyclic) bond motifs is 1. The Hall–Kier alpha value is -2.88. The highest BCUT2D eigenvalue weighted by Gasteiger charge is 2.04. The molecule has 2 aromatic heterocycles. The zero-order valence-electron chi connectivity index (χ0n) is 16.9. The second-order valence-electron chi connectivity index (χ2n) is 6.74. The molecule has 7 nitrogen and oxygen atoms in total. The van der Waals surface area contributed by atoms with Crippen molar-refractivity contribution in [3.05, 3.63) is 78.5 Å². The number of H-pyrrole nitrogens is 1. The third kappa shape index (κ3) is 5.38. The minimum Gasteiger partial charge on any atom is -0.361 e. The summed E-state index contributed by atoms with van der Waals surface area (Å²) in [6.07, 6.45) is 6.24. The lowest BCUT2D eigenvalue weighted by Gasteiger charge is -2.11. The van der Waals surface area contributed by atoms with E-state index in [9.17, 15) is 0 Å². The van der Waals surface area contributed by atoms with E-state index in [1.807, 2.05) is 12.1 Å². The van der Waals surface area contributed by atoms with E-state index in [1.165, 1.54) is 22.8 Å². The third-order valence-electron chi connectivity index (χ3n) is 4.75. The maximum Gasteiger partial charge on any atom is 0.191 e. The van der Waals surface area contributed by atoms with Gasteiger partial charge < -0.3 is 15.6 Å². The first-order chi connectivity index (χ1) is 14.3. The lowest BCUT2D eigenvalue weighted by atomic mass is 10.1. The van der Waals surface area contributed by atoms with Crippen molar-refractivity contribution >= 4 is 40.8 Å². The van der Waals surface area contributed by atoms with Gasteiger partial charge in [0, 0.05) is 30.2 Å². The van der Waals surface area contributed by atoms with Gasteiger partial charge in [0.25, 0.3) is 0 Å². The Morgan fingerprint density at radius 3 is 2.70 bits per heavy atom. The first-order valence-electron chi connectivity index (χ1n) is 9.84. The summed E-state index contributed by atoms with van der Waals surface area (Å²) in [6, 6.07) is 16.6. The quantitative estimate of drug-likeness (QED) is 0.199. The topological polar surface area (TPSA) is 82.9 Å². The molecule has 4 rings (SSSR count). The molecule has 0 saturated carbocycles. The normalized spacial score (nSPS) is 11.3. The van der Waals surface area contributed by atoms with Crippen molar-refractivity contribution in [1.29, 1.82) is 0 Å². The van der Waals surface area contributed by atoms with Crippen LogP contribution in [0.2, 0.25) is 0 Å². The van der Waals surface area contributed by atoms with E-state index in [0.717, 1.165) is 36.7 Å². The fourth-order valence-electron chi connectivity index (χ4n) is 3.26. The molecule has 0 radical (unpaired) electrons. The van der Waals surface area contributed by atoms with Gasteiger partial charge in [-0.3, -0.25) is 0 Å². The Balaban J connectivity index is 0.00000256. The number of aliphatic imine (C=N–C) groups is 1. The molecule has 2 heterocycles. The zero-order chi connectivity index (χ0) is 19.9. The number of halogens is 1. The Bertz CT molecular complexity index is 1070. The Morgan fingerprint density at radius 1 is 1.10 bits per heavy atom. The number of nitrogens with one attached hydrogen (secondary N) is 3. The molecule has 4 aromatic rings. The van der Waals surface area contributed by atoms with Gasteiger partial charge in [-0.1, -0.05) is 30.3 Å². The minimum atomic E-state index is 0. The number of nitrogens with zero attached hydrogens (tertiary/aromatic N) is 4. The molecule has 2 aromatic carbocycles. The SMILES string of the molecule is CCNC(=NCc1ccc(-n2cncn2)cc1)NCCc1c[nH]c2ccccc12.I. The highest BCUT2D eigenvalue weighted by Crippen LogP contribution is 2.17. The van der Waals surface area contributed by atoms with E-state index in [-0.39, 0.29) is 24.0 Å². The number of aromatic amines is 1. The maximum atomic E-state index is 4.71. The lowest BCUT2D eigenvalue weighted by Crippen LogP contribution is -2.38. The van der Waals surface area contributed by atoms with Gasteiger partial charge in [-0.25, -0.2) is 14.7 Å². The van der Waals surface area contributed by atoms with Gasteiger partial charge in [0.2, 0.25) is 0 Å². The fraction of sp³-hybridized carbons (Fsp3) is 0.227. The molecular weight excluding hydrogens is 489 g/mol. The van der Waals surface area contributed by atoms with Crippen LogP contribution < -0.4 is 10.6 Å². The number of para-hydroxylation sites is 1. The van der Waals surface area contributed by atoms with Crippen LogP contribution in [-0.2, 0) is 13.0 Å². The molecule has 0 aliphatic carbocycles. The van der Waals surface area contributed by atoms with Crippen LogP contribution in [-0.4, -0.2) is 38.8 Å². The van der Waals surface area contributed by atoms with Crippen LogP contribution in [0.4, 0.5) is 0 Å². The summed E-state index contributed by atoms with van der Waals surface area (Å²) >= 11 is 0. The lowest BCUT2D eigenvalue weighted by molar-refractivity contribution is 0.801. The van der Waals surface area contributed by atoms with Crippen LogP contribution in [0.1, 0.15) is 18.1 Å². The fourth-order valence-corrected chi connectivity index (χ4v) is 3.26. The minimum absolute atomic E-state index is 0. The van der Waals surface area contributed by atoms with Crippen molar-refractivity contribution < 1.29 is 0 Å². The number of hydrogen-bond acceptors (Lipinski definition) is 3. The van der Waals surface area contributed by atoms with Gasteiger partial charge in [-0.15, -0.1) is 24.0 Å². The van der Waals surface area contributed by atoms with E-state index in [0.29, 0.717) is 6.54 Å². The van der Waals surface area contributed by atoms with E-state index >= 15 is 0 Å². The molecule has 0 fully saturated rings. The van der Waals surface area contributed by atoms with E-state index < -0.39 is 0 Å². The predicted octanol–water partition coefficient (Wildman–Crippen LogP) is 3.66. The molecule has 8 heteroatoms. The summed E-state index contributed by atoms with van der Waals surface area (Å²) < 4.78 is 1.74. The van der Waals surface area contributed by atoms with Crippen LogP contribution in [0.15, 0.2) is 72.4 Å². The van der Waals surface area contributed by atoms with Gasteiger partial charge >= 0.3 is 0 Å². The van der Waals surface area contributed by atoms with Crippen molar-refractivity contribution in [2.75, 3.05) is 13.1 Å². The molecule has 0 saturated heterocycles. The third-order valence-corrected chi connectivity index (χ3v) is 4.75. The Kier molecular flexibility index (Phi) is 7.83. The van der Waals surface area contributed by atoms with Gasteiger partial charge in [0.1, 0.15) is 12.7 Å². The second-order valence-corrected chi connectivity index (χ2v) is 6.74.